The smallest absolute Gasteiger partial charge is 0.260 e. The normalized spacial score (nSPS) is 11.8. The molecule has 0 unspecified atom stereocenters. The second-order valence-corrected chi connectivity index (χ2v) is 7.59. The molecule has 0 saturated heterocycles. The Morgan fingerprint density at radius 3 is 2.37 bits per heavy atom. The first-order chi connectivity index (χ1) is 12.7. The number of hydrogen-bond acceptors (Lipinski definition) is 5. The average Bonchev–Trinajstić information content (AvgIpc) is 2.64. The van der Waals surface area contributed by atoms with Gasteiger partial charge >= 0.3 is 0 Å². The molecule has 27 heavy (non-hydrogen) atoms. The first kappa shape index (κ1) is 20.4. The summed E-state index contributed by atoms with van der Waals surface area (Å²) in [5.74, 6) is -0.755. The first-order valence-electron chi connectivity index (χ1n) is 7.92. The zero-order valence-corrected chi connectivity index (χ0v) is 16.0. The van der Waals surface area contributed by atoms with Gasteiger partial charge in [0.05, 0.1) is 24.8 Å². The molecule has 1 N–H and O–H groups in total. The van der Waals surface area contributed by atoms with Crippen molar-refractivity contribution in [2.45, 2.75) is 6.92 Å². The Morgan fingerprint density at radius 1 is 1.19 bits per heavy atom. The summed E-state index contributed by atoms with van der Waals surface area (Å²) in [7, 11) is -2.31. The highest BCUT2D eigenvalue weighted by atomic mass is 32.2. The van der Waals surface area contributed by atoms with E-state index in [4.69, 9.17) is 4.74 Å². The quantitative estimate of drug-likeness (QED) is 0.577. The summed E-state index contributed by atoms with van der Waals surface area (Å²) in [4.78, 5) is 12.2. The van der Waals surface area contributed by atoms with Crippen molar-refractivity contribution in [3.8, 4) is 5.75 Å². The van der Waals surface area contributed by atoms with E-state index in [-0.39, 0.29) is 5.69 Å². The summed E-state index contributed by atoms with van der Waals surface area (Å²) in [6.07, 6.45) is 0.901. The molecule has 0 atom stereocenters. The van der Waals surface area contributed by atoms with Crippen LogP contribution >= 0.6 is 0 Å². The second kappa shape index (κ2) is 8.63. The third kappa shape index (κ3) is 5.52. The van der Waals surface area contributed by atoms with Crippen LogP contribution in [0.5, 0.6) is 5.75 Å². The molecule has 0 aliphatic rings. The van der Waals surface area contributed by atoms with Gasteiger partial charge in [0.25, 0.3) is 5.91 Å². The maximum Gasteiger partial charge on any atom is 0.260 e. The van der Waals surface area contributed by atoms with Gasteiger partial charge in [-0.1, -0.05) is 12.1 Å². The molecule has 9 heteroatoms. The third-order valence-electron chi connectivity index (χ3n) is 3.66. The molecule has 0 aromatic heterocycles. The molecule has 1 amide bonds. The van der Waals surface area contributed by atoms with Gasteiger partial charge in [-0.25, -0.2) is 18.2 Å². The van der Waals surface area contributed by atoms with E-state index in [1.54, 1.807) is 38.3 Å². The molecule has 0 bridgehead atoms. The van der Waals surface area contributed by atoms with Crippen LogP contribution in [0.4, 0.5) is 10.1 Å². The van der Waals surface area contributed by atoms with Crippen molar-refractivity contribution < 1.29 is 22.3 Å². The number of hydrogen-bond donors (Lipinski definition) is 1. The molecule has 0 spiro atoms. The summed E-state index contributed by atoms with van der Waals surface area (Å²) in [5, 5.41) is 3.96. The number of ether oxygens (including phenoxy) is 1. The van der Waals surface area contributed by atoms with Crippen LogP contribution in [-0.4, -0.2) is 39.9 Å². The van der Waals surface area contributed by atoms with Crippen LogP contribution in [0.3, 0.4) is 0 Å². The molecule has 0 radical (unpaired) electrons. The highest BCUT2D eigenvalue weighted by Crippen LogP contribution is 2.21. The number of halogens is 1. The van der Waals surface area contributed by atoms with Crippen molar-refractivity contribution in [3.63, 3.8) is 0 Å². The van der Waals surface area contributed by atoms with Crippen molar-refractivity contribution in [3.05, 3.63) is 59.9 Å². The van der Waals surface area contributed by atoms with E-state index in [1.807, 2.05) is 0 Å². The number of carbonyl (C=O) groups excluding carboxylic acids is 1. The van der Waals surface area contributed by atoms with Gasteiger partial charge in [-0.2, -0.15) is 5.10 Å². The molecule has 2 aromatic carbocycles. The largest absolute Gasteiger partial charge is 0.497 e. The van der Waals surface area contributed by atoms with Gasteiger partial charge in [0, 0.05) is 0 Å². The predicted octanol–water partition coefficient (Wildman–Crippen LogP) is 2.14. The van der Waals surface area contributed by atoms with Crippen molar-refractivity contribution in [1.29, 1.82) is 0 Å². The van der Waals surface area contributed by atoms with E-state index in [2.05, 4.69) is 10.5 Å². The Kier molecular flexibility index (Phi) is 6.51. The molecule has 0 heterocycles. The van der Waals surface area contributed by atoms with Gasteiger partial charge in [-0.05, 0) is 48.9 Å². The van der Waals surface area contributed by atoms with Crippen LogP contribution in [0.2, 0.25) is 0 Å². The minimum Gasteiger partial charge on any atom is -0.497 e. The second-order valence-electron chi connectivity index (χ2n) is 5.68. The van der Waals surface area contributed by atoms with E-state index < -0.39 is 28.3 Å². The van der Waals surface area contributed by atoms with Gasteiger partial charge < -0.3 is 4.74 Å². The maximum atomic E-state index is 13.9. The zero-order valence-electron chi connectivity index (χ0n) is 15.1. The summed E-state index contributed by atoms with van der Waals surface area (Å²) in [6.45, 7) is 1.09. The molecule has 2 rings (SSSR count). The standard InChI is InChI=1S/C18H20FN3O4S/c1-13(14-8-10-15(26-2)11-9-14)20-21-18(23)12-22(27(3,24)25)17-7-5-4-6-16(17)19/h4-11H,12H2,1-3H3,(H,21,23)/b20-13-. The number of sulfonamides is 1. The lowest BCUT2D eigenvalue weighted by molar-refractivity contribution is -0.119. The monoisotopic (exact) mass is 393 g/mol. The van der Waals surface area contributed by atoms with Gasteiger partial charge in [0.15, 0.2) is 0 Å². The van der Waals surface area contributed by atoms with Crippen molar-refractivity contribution in [1.82, 2.24) is 5.43 Å². The summed E-state index contributed by atoms with van der Waals surface area (Å²) in [5.41, 5.74) is 3.36. The van der Waals surface area contributed by atoms with Gasteiger partial charge in [-0.3, -0.25) is 9.10 Å². The minimum absolute atomic E-state index is 0.203. The van der Waals surface area contributed by atoms with Crippen molar-refractivity contribution in [2.75, 3.05) is 24.2 Å². The number of methoxy groups -OCH3 is 1. The highest BCUT2D eigenvalue weighted by Gasteiger charge is 2.23. The van der Waals surface area contributed by atoms with E-state index in [1.165, 1.54) is 18.2 Å². The molecule has 0 aliphatic carbocycles. The van der Waals surface area contributed by atoms with Gasteiger partial charge in [-0.15, -0.1) is 0 Å². The van der Waals surface area contributed by atoms with Crippen LogP contribution in [0.1, 0.15) is 12.5 Å². The SMILES string of the molecule is COc1ccc(/C(C)=N\NC(=O)CN(c2ccccc2F)S(C)(=O)=O)cc1. The number of carbonyl (C=O) groups is 1. The van der Waals surface area contributed by atoms with E-state index in [9.17, 15) is 17.6 Å². The summed E-state index contributed by atoms with van der Waals surface area (Å²) < 4.78 is 43.6. The number of para-hydroxylation sites is 1. The third-order valence-corrected chi connectivity index (χ3v) is 4.79. The fraction of sp³-hybridized carbons (Fsp3) is 0.222. The topological polar surface area (TPSA) is 88.1 Å². The molecule has 0 saturated carbocycles. The zero-order chi connectivity index (χ0) is 20.0. The Hall–Kier alpha value is -2.94. The van der Waals surface area contributed by atoms with Crippen LogP contribution in [-0.2, 0) is 14.8 Å². The van der Waals surface area contributed by atoms with Crippen LogP contribution < -0.4 is 14.5 Å². The molecule has 0 aliphatic heterocycles. The van der Waals surface area contributed by atoms with Crippen LogP contribution in [0.25, 0.3) is 0 Å². The summed E-state index contributed by atoms with van der Waals surface area (Å²) >= 11 is 0. The number of amides is 1. The number of nitrogens with one attached hydrogen (secondary N) is 1. The van der Waals surface area contributed by atoms with Crippen molar-refractivity contribution >= 4 is 27.3 Å². The van der Waals surface area contributed by atoms with Crippen LogP contribution in [0.15, 0.2) is 53.6 Å². The predicted molar refractivity (Wildman–Crippen MR) is 102 cm³/mol. The van der Waals surface area contributed by atoms with Crippen molar-refractivity contribution in [2.24, 2.45) is 5.10 Å². The molecule has 7 nitrogen and oxygen atoms in total. The lowest BCUT2D eigenvalue weighted by atomic mass is 10.1. The molecule has 144 valence electrons. The van der Waals surface area contributed by atoms with E-state index in [0.717, 1.165) is 17.9 Å². The molecule has 2 aromatic rings. The fourth-order valence-electron chi connectivity index (χ4n) is 2.24. The highest BCUT2D eigenvalue weighted by molar-refractivity contribution is 7.92. The number of hydrazone groups is 1. The Balaban J connectivity index is 2.12. The van der Waals surface area contributed by atoms with Gasteiger partial charge in [0.1, 0.15) is 18.1 Å². The van der Waals surface area contributed by atoms with Gasteiger partial charge in [0.2, 0.25) is 10.0 Å². The average molecular weight is 393 g/mol. The van der Waals surface area contributed by atoms with E-state index in [0.29, 0.717) is 15.8 Å². The Labute approximate surface area is 157 Å². The minimum atomic E-state index is -3.86. The number of rotatable bonds is 7. The maximum absolute atomic E-state index is 13.9. The lowest BCUT2D eigenvalue weighted by Gasteiger charge is -2.21. The lowest BCUT2D eigenvalue weighted by Crippen LogP contribution is -2.39. The molecular weight excluding hydrogens is 373 g/mol. The molecule has 0 fully saturated rings. The first-order valence-corrected chi connectivity index (χ1v) is 9.77. The number of benzene rings is 2. The van der Waals surface area contributed by atoms with Crippen LogP contribution in [0, 0.1) is 5.82 Å². The molecular formula is C18H20FN3O4S. The summed E-state index contributed by atoms with van der Waals surface area (Å²) in [6, 6.07) is 12.4. The fourth-order valence-corrected chi connectivity index (χ4v) is 3.10. The Bertz CT molecular complexity index is 943. The Morgan fingerprint density at radius 2 is 1.81 bits per heavy atom. The number of anilines is 1. The van der Waals surface area contributed by atoms with E-state index >= 15 is 0 Å². The number of nitrogens with zero attached hydrogens (tertiary/aromatic N) is 2.